The fourth-order valence-electron chi connectivity index (χ4n) is 3.54. The van der Waals surface area contributed by atoms with Crippen LogP contribution in [0.15, 0.2) is 0 Å². The van der Waals surface area contributed by atoms with Gasteiger partial charge in [-0.05, 0) is 50.9 Å². The van der Waals surface area contributed by atoms with E-state index in [-0.39, 0.29) is 12.4 Å². The lowest BCUT2D eigenvalue weighted by Gasteiger charge is -2.32. The van der Waals surface area contributed by atoms with E-state index in [2.05, 4.69) is 6.92 Å². The van der Waals surface area contributed by atoms with Crippen LogP contribution < -0.4 is 0 Å². The minimum absolute atomic E-state index is 0.0998. The molecule has 1 saturated heterocycles. The molecule has 1 aliphatic heterocycles. The molecule has 0 radical (unpaired) electrons. The van der Waals surface area contributed by atoms with Crippen LogP contribution in [-0.2, 0) is 19.0 Å². The molecule has 0 unspecified atom stereocenters. The second-order valence-electron chi connectivity index (χ2n) is 7.06. The Bertz CT molecular complexity index is 362. The van der Waals surface area contributed by atoms with Gasteiger partial charge in [0.05, 0.1) is 13.2 Å². The third-order valence-corrected chi connectivity index (χ3v) is 5.07. The van der Waals surface area contributed by atoms with E-state index in [0.717, 1.165) is 38.9 Å². The third-order valence-electron chi connectivity index (χ3n) is 5.07. The highest BCUT2D eigenvalue weighted by atomic mass is 19.3. The molecule has 0 aromatic rings. The van der Waals surface area contributed by atoms with Gasteiger partial charge in [0.2, 0.25) is 0 Å². The molecule has 0 aromatic carbocycles. The van der Waals surface area contributed by atoms with Crippen molar-refractivity contribution in [3.8, 4) is 0 Å². The van der Waals surface area contributed by atoms with Gasteiger partial charge in [-0.15, -0.1) is 0 Å². The summed E-state index contributed by atoms with van der Waals surface area (Å²) in [4.78, 5) is 10.9. The molecule has 0 aromatic heterocycles. The van der Waals surface area contributed by atoms with E-state index in [1.807, 2.05) is 0 Å². The first-order valence-electron chi connectivity index (χ1n) is 9.30. The largest absolute Gasteiger partial charge is 0.458 e. The highest BCUT2D eigenvalue weighted by Gasteiger charge is 2.28. The van der Waals surface area contributed by atoms with Crippen LogP contribution in [0.25, 0.3) is 0 Å². The van der Waals surface area contributed by atoms with Gasteiger partial charge in [-0.1, -0.05) is 19.8 Å². The van der Waals surface area contributed by atoms with E-state index < -0.39 is 12.4 Å². The van der Waals surface area contributed by atoms with Gasteiger partial charge in [0.15, 0.2) is 6.29 Å². The van der Waals surface area contributed by atoms with Crippen LogP contribution in [-0.4, -0.2) is 38.0 Å². The van der Waals surface area contributed by atoms with Crippen molar-refractivity contribution in [2.45, 2.75) is 83.5 Å². The summed E-state index contributed by atoms with van der Waals surface area (Å²) in [5.74, 6) is -0.322. The van der Waals surface area contributed by atoms with Crippen molar-refractivity contribution in [2.75, 3.05) is 13.2 Å². The summed E-state index contributed by atoms with van der Waals surface area (Å²) < 4.78 is 40.8. The molecule has 6 heteroatoms. The Labute approximate surface area is 143 Å². The van der Waals surface area contributed by atoms with Crippen LogP contribution in [0.5, 0.6) is 0 Å². The van der Waals surface area contributed by atoms with Crippen molar-refractivity contribution in [1.82, 2.24) is 0 Å². The first-order valence-corrected chi connectivity index (χ1v) is 9.30. The maximum Gasteiger partial charge on any atom is 0.374 e. The molecule has 1 heterocycles. The molecule has 0 bridgehead atoms. The second-order valence-corrected chi connectivity index (χ2v) is 7.06. The number of carbonyl (C=O) groups excluding carboxylic acids is 1. The van der Waals surface area contributed by atoms with Gasteiger partial charge in [-0.3, -0.25) is 0 Å². The molecule has 24 heavy (non-hydrogen) atoms. The summed E-state index contributed by atoms with van der Waals surface area (Å²) in [6, 6.07) is 0. The van der Waals surface area contributed by atoms with Crippen LogP contribution in [0.2, 0.25) is 0 Å². The van der Waals surface area contributed by atoms with Crippen molar-refractivity contribution < 1.29 is 27.8 Å². The van der Waals surface area contributed by atoms with Gasteiger partial charge in [-0.25, -0.2) is 4.79 Å². The first-order chi connectivity index (χ1) is 11.6. The van der Waals surface area contributed by atoms with E-state index in [9.17, 15) is 13.6 Å². The fourth-order valence-corrected chi connectivity index (χ4v) is 3.54. The highest BCUT2D eigenvalue weighted by Crippen LogP contribution is 2.31. The van der Waals surface area contributed by atoms with Crippen LogP contribution in [0, 0.1) is 11.8 Å². The standard InChI is InChI=1S/C18H30F2O4/c1-2-3-4-14-11-22-16(23-12-14)10-7-13-5-8-15(9-6-13)24-18(21)17(19)20/h13-17H,2-12H2,1H3. The zero-order valence-electron chi connectivity index (χ0n) is 14.6. The summed E-state index contributed by atoms with van der Waals surface area (Å²) in [5.41, 5.74) is 0. The number of carbonyl (C=O) groups is 1. The highest BCUT2D eigenvalue weighted by molar-refractivity contribution is 5.72. The van der Waals surface area contributed by atoms with E-state index >= 15 is 0 Å². The molecule has 0 spiro atoms. The number of unbranched alkanes of at least 4 members (excludes halogenated alkanes) is 1. The summed E-state index contributed by atoms with van der Waals surface area (Å²) in [6.45, 7) is 3.78. The average Bonchev–Trinajstić information content (AvgIpc) is 2.60. The maximum atomic E-state index is 12.2. The van der Waals surface area contributed by atoms with Crippen LogP contribution in [0.3, 0.4) is 0 Å². The molecular weight excluding hydrogens is 318 g/mol. The predicted molar refractivity (Wildman–Crippen MR) is 85.8 cm³/mol. The van der Waals surface area contributed by atoms with E-state index in [0.29, 0.717) is 24.7 Å². The summed E-state index contributed by atoms with van der Waals surface area (Å²) in [7, 11) is 0. The van der Waals surface area contributed by atoms with Gasteiger partial charge in [0.1, 0.15) is 6.10 Å². The fraction of sp³-hybridized carbons (Fsp3) is 0.944. The Hall–Kier alpha value is -0.750. The smallest absolute Gasteiger partial charge is 0.374 e. The number of hydrogen-bond donors (Lipinski definition) is 0. The molecule has 1 aliphatic carbocycles. The Balaban J connectivity index is 1.56. The third kappa shape index (κ3) is 6.63. The zero-order valence-corrected chi connectivity index (χ0v) is 14.6. The SMILES string of the molecule is CCCCC1COC(CCC2CCC(OC(=O)C(F)F)CC2)OC1. The lowest BCUT2D eigenvalue weighted by atomic mass is 9.84. The van der Waals surface area contributed by atoms with Crippen LogP contribution >= 0.6 is 0 Å². The molecule has 1 saturated carbocycles. The Morgan fingerprint density at radius 3 is 2.29 bits per heavy atom. The number of alkyl halides is 2. The lowest BCUT2D eigenvalue weighted by molar-refractivity contribution is -0.205. The molecule has 4 nitrogen and oxygen atoms in total. The van der Waals surface area contributed by atoms with Gasteiger partial charge in [-0.2, -0.15) is 8.78 Å². The molecule has 2 aliphatic rings. The molecular formula is C18H30F2O4. The molecule has 0 N–H and O–H groups in total. The molecule has 2 fully saturated rings. The molecule has 140 valence electrons. The van der Waals surface area contributed by atoms with Crippen molar-refractivity contribution in [3.63, 3.8) is 0 Å². The molecule has 0 amide bonds. The Morgan fingerprint density at radius 2 is 1.71 bits per heavy atom. The van der Waals surface area contributed by atoms with Gasteiger partial charge >= 0.3 is 12.4 Å². The van der Waals surface area contributed by atoms with Crippen molar-refractivity contribution in [3.05, 3.63) is 0 Å². The number of halogens is 2. The number of ether oxygens (including phenoxy) is 3. The zero-order chi connectivity index (χ0) is 17.4. The number of rotatable bonds is 8. The van der Waals surface area contributed by atoms with Crippen molar-refractivity contribution >= 4 is 5.97 Å². The van der Waals surface area contributed by atoms with Gasteiger partial charge in [0.25, 0.3) is 0 Å². The average molecular weight is 348 g/mol. The summed E-state index contributed by atoms with van der Waals surface area (Å²) in [6.07, 6.45) is 5.20. The predicted octanol–water partition coefficient (Wildman–Crippen LogP) is 4.31. The van der Waals surface area contributed by atoms with E-state index in [1.54, 1.807) is 0 Å². The summed E-state index contributed by atoms with van der Waals surface area (Å²) >= 11 is 0. The second kappa shape index (κ2) is 10.3. The number of esters is 1. The number of hydrogen-bond acceptors (Lipinski definition) is 4. The normalized spacial score (nSPS) is 31.2. The van der Waals surface area contributed by atoms with Gasteiger partial charge in [0, 0.05) is 5.92 Å². The quantitative estimate of drug-likeness (QED) is 0.613. The van der Waals surface area contributed by atoms with Crippen molar-refractivity contribution in [2.24, 2.45) is 11.8 Å². The van der Waals surface area contributed by atoms with Gasteiger partial charge < -0.3 is 14.2 Å². The maximum absolute atomic E-state index is 12.2. The monoisotopic (exact) mass is 348 g/mol. The van der Waals surface area contributed by atoms with E-state index in [4.69, 9.17) is 14.2 Å². The Morgan fingerprint density at radius 1 is 1.04 bits per heavy atom. The first kappa shape index (κ1) is 19.6. The Kier molecular flexibility index (Phi) is 8.39. The van der Waals surface area contributed by atoms with Crippen LogP contribution in [0.4, 0.5) is 8.78 Å². The molecule has 2 rings (SSSR count). The minimum atomic E-state index is -3.02. The summed E-state index contributed by atoms with van der Waals surface area (Å²) in [5, 5.41) is 0. The molecule has 0 atom stereocenters. The lowest BCUT2D eigenvalue weighted by Crippen LogP contribution is -2.33. The topological polar surface area (TPSA) is 44.8 Å². The van der Waals surface area contributed by atoms with Crippen molar-refractivity contribution in [1.29, 1.82) is 0 Å². The van der Waals surface area contributed by atoms with Crippen LogP contribution in [0.1, 0.15) is 64.7 Å². The van der Waals surface area contributed by atoms with E-state index in [1.165, 1.54) is 19.3 Å². The minimum Gasteiger partial charge on any atom is -0.458 e.